The molecule has 0 aliphatic carbocycles. The lowest BCUT2D eigenvalue weighted by Crippen LogP contribution is -2.23. The number of carbonyl (C=O) groups is 1. The molecule has 0 saturated heterocycles. The van der Waals surface area contributed by atoms with Crippen LogP contribution in [0.5, 0.6) is 11.5 Å². The van der Waals surface area contributed by atoms with Gasteiger partial charge in [-0.15, -0.1) is 5.10 Å². The third kappa shape index (κ3) is 4.21. The monoisotopic (exact) mass is 416 g/mol. The van der Waals surface area contributed by atoms with E-state index < -0.39 is 6.09 Å². The molecule has 7 heteroatoms. The molecule has 0 spiro atoms. The summed E-state index contributed by atoms with van der Waals surface area (Å²) < 4.78 is 13.4. The van der Waals surface area contributed by atoms with Crippen LogP contribution in [-0.2, 0) is 13.0 Å². The Morgan fingerprint density at radius 1 is 1.06 bits per heavy atom. The molecule has 1 N–H and O–H groups in total. The summed E-state index contributed by atoms with van der Waals surface area (Å²) in [6.45, 7) is 4.34. The highest BCUT2D eigenvalue weighted by Gasteiger charge is 2.18. The average molecular weight is 416 g/mol. The van der Waals surface area contributed by atoms with Crippen molar-refractivity contribution in [1.29, 1.82) is 0 Å². The van der Waals surface area contributed by atoms with Crippen molar-refractivity contribution in [2.24, 2.45) is 0 Å². The molecule has 1 amide bonds. The maximum atomic E-state index is 11.9. The van der Waals surface area contributed by atoms with E-state index in [9.17, 15) is 4.79 Å². The zero-order chi connectivity index (χ0) is 21.8. The van der Waals surface area contributed by atoms with Crippen LogP contribution in [0.15, 0.2) is 60.7 Å². The number of para-hydroxylation sites is 1. The second kappa shape index (κ2) is 8.87. The van der Waals surface area contributed by atoms with Crippen LogP contribution < -0.4 is 14.8 Å². The molecule has 4 aromatic rings. The summed E-state index contributed by atoms with van der Waals surface area (Å²) in [5, 5.41) is 11.0. The molecule has 1 heterocycles. The fourth-order valence-corrected chi connectivity index (χ4v) is 3.43. The predicted molar refractivity (Wildman–Crippen MR) is 119 cm³/mol. The van der Waals surface area contributed by atoms with Gasteiger partial charge in [-0.1, -0.05) is 42.5 Å². The number of nitrogens with one attached hydrogen (secondary N) is 1. The zero-order valence-electron chi connectivity index (χ0n) is 17.8. The van der Waals surface area contributed by atoms with E-state index in [1.165, 1.54) is 12.6 Å². The molecule has 4 rings (SSSR count). The first kappa shape index (κ1) is 20.4. The number of fused-ring (bicyclic) bond motifs is 1. The summed E-state index contributed by atoms with van der Waals surface area (Å²) in [6, 6.07) is 19.3. The Hall–Kier alpha value is -3.87. The van der Waals surface area contributed by atoms with E-state index in [4.69, 9.17) is 9.47 Å². The van der Waals surface area contributed by atoms with Crippen molar-refractivity contribution in [2.75, 3.05) is 7.05 Å². The largest absolute Gasteiger partial charge is 0.488 e. The van der Waals surface area contributed by atoms with Gasteiger partial charge in [0.05, 0.1) is 16.8 Å². The fourth-order valence-electron chi connectivity index (χ4n) is 3.43. The van der Waals surface area contributed by atoms with Gasteiger partial charge in [-0.25, -0.2) is 9.48 Å². The van der Waals surface area contributed by atoms with Gasteiger partial charge in [0, 0.05) is 7.05 Å². The van der Waals surface area contributed by atoms with Crippen molar-refractivity contribution in [3.63, 3.8) is 0 Å². The molecule has 0 aliphatic rings. The second-order valence-electron chi connectivity index (χ2n) is 7.13. The van der Waals surface area contributed by atoms with Crippen molar-refractivity contribution < 1.29 is 14.3 Å². The lowest BCUT2D eigenvalue weighted by molar-refractivity contribution is 0.201. The molecular weight excluding hydrogens is 392 g/mol. The Bertz CT molecular complexity index is 1230. The zero-order valence-corrected chi connectivity index (χ0v) is 17.8. The minimum atomic E-state index is -0.551. The van der Waals surface area contributed by atoms with Crippen LogP contribution in [0.3, 0.4) is 0 Å². The van der Waals surface area contributed by atoms with Gasteiger partial charge in [-0.2, -0.15) is 0 Å². The summed E-state index contributed by atoms with van der Waals surface area (Å²) in [4.78, 5) is 11.9. The van der Waals surface area contributed by atoms with Crippen LogP contribution in [0.4, 0.5) is 4.79 Å². The van der Waals surface area contributed by atoms with Crippen LogP contribution in [0, 0.1) is 6.92 Å². The number of aryl methyl sites for hydroxylation is 2. The second-order valence-corrected chi connectivity index (χ2v) is 7.13. The Balaban J connectivity index is 1.75. The number of nitrogens with zero attached hydrogens (tertiary/aromatic N) is 3. The lowest BCUT2D eigenvalue weighted by Gasteiger charge is -2.16. The van der Waals surface area contributed by atoms with Crippen molar-refractivity contribution >= 4 is 17.1 Å². The van der Waals surface area contributed by atoms with Gasteiger partial charge in [0.1, 0.15) is 23.6 Å². The minimum Gasteiger partial charge on any atom is -0.488 e. The van der Waals surface area contributed by atoms with E-state index in [-0.39, 0.29) is 6.61 Å². The van der Waals surface area contributed by atoms with Crippen molar-refractivity contribution in [3.8, 4) is 17.2 Å². The van der Waals surface area contributed by atoms with E-state index in [1.54, 1.807) is 10.7 Å². The van der Waals surface area contributed by atoms with Gasteiger partial charge in [-0.3, -0.25) is 0 Å². The molecule has 0 radical (unpaired) electrons. The molecule has 0 saturated carbocycles. The van der Waals surface area contributed by atoms with E-state index in [0.29, 0.717) is 11.3 Å². The van der Waals surface area contributed by atoms with Crippen molar-refractivity contribution in [3.05, 3.63) is 77.4 Å². The van der Waals surface area contributed by atoms with Crippen LogP contribution >= 0.6 is 0 Å². The van der Waals surface area contributed by atoms with Crippen LogP contribution in [0.25, 0.3) is 16.7 Å². The SMILES string of the molecule is CCc1ccc(OCc2c(OC(=O)NC)cccc2-n2nnc3ccccc32)c(C)c1. The maximum Gasteiger partial charge on any atom is 0.412 e. The topological polar surface area (TPSA) is 78.3 Å². The summed E-state index contributed by atoms with van der Waals surface area (Å²) in [7, 11) is 1.52. The summed E-state index contributed by atoms with van der Waals surface area (Å²) in [5.74, 6) is 1.18. The molecule has 7 nitrogen and oxygen atoms in total. The van der Waals surface area contributed by atoms with Gasteiger partial charge in [0.15, 0.2) is 0 Å². The molecule has 3 aromatic carbocycles. The van der Waals surface area contributed by atoms with Crippen LogP contribution in [-0.4, -0.2) is 28.1 Å². The average Bonchev–Trinajstić information content (AvgIpc) is 3.22. The highest BCUT2D eigenvalue weighted by Crippen LogP contribution is 2.30. The van der Waals surface area contributed by atoms with E-state index >= 15 is 0 Å². The molecular formula is C24H24N4O3. The molecule has 0 aliphatic heterocycles. The summed E-state index contributed by atoms with van der Waals surface area (Å²) in [5.41, 5.74) is 5.36. The number of aromatic nitrogens is 3. The number of rotatable bonds is 6. The molecule has 31 heavy (non-hydrogen) atoms. The molecule has 158 valence electrons. The van der Waals surface area contributed by atoms with Crippen LogP contribution in [0.1, 0.15) is 23.6 Å². The molecule has 0 atom stereocenters. The van der Waals surface area contributed by atoms with Crippen LogP contribution in [0.2, 0.25) is 0 Å². The van der Waals surface area contributed by atoms with Gasteiger partial charge in [0.25, 0.3) is 0 Å². The summed E-state index contributed by atoms with van der Waals surface area (Å²) in [6.07, 6.45) is 0.415. The third-order valence-electron chi connectivity index (χ3n) is 5.11. The van der Waals surface area contributed by atoms with E-state index in [1.807, 2.05) is 49.4 Å². The molecule has 0 fully saturated rings. The first-order valence-electron chi connectivity index (χ1n) is 10.1. The molecule has 0 unspecified atom stereocenters. The number of ether oxygens (including phenoxy) is 2. The smallest absolute Gasteiger partial charge is 0.412 e. The van der Waals surface area contributed by atoms with E-state index in [2.05, 4.69) is 34.7 Å². The maximum absolute atomic E-state index is 11.9. The first-order chi connectivity index (χ1) is 15.1. The normalized spacial score (nSPS) is 10.8. The number of benzene rings is 3. The fraction of sp³-hybridized carbons (Fsp3) is 0.208. The van der Waals surface area contributed by atoms with Crippen molar-refractivity contribution in [1.82, 2.24) is 20.3 Å². The van der Waals surface area contributed by atoms with Crippen molar-refractivity contribution in [2.45, 2.75) is 26.9 Å². The molecule has 1 aromatic heterocycles. The third-order valence-corrected chi connectivity index (χ3v) is 5.11. The Morgan fingerprint density at radius 2 is 1.90 bits per heavy atom. The predicted octanol–water partition coefficient (Wildman–Crippen LogP) is 4.59. The van der Waals surface area contributed by atoms with E-state index in [0.717, 1.165) is 34.5 Å². The first-order valence-corrected chi connectivity index (χ1v) is 10.1. The van der Waals surface area contributed by atoms with Gasteiger partial charge in [0.2, 0.25) is 0 Å². The Labute approximate surface area is 180 Å². The highest BCUT2D eigenvalue weighted by molar-refractivity contribution is 5.77. The van der Waals surface area contributed by atoms with Gasteiger partial charge >= 0.3 is 6.09 Å². The standard InChI is InChI=1S/C24H24N4O3/c1-4-17-12-13-22(16(2)14-17)30-15-18-20(10-7-11-23(18)31-24(29)25-3)28-21-9-6-5-8-19(21)26-27-28/h5-14H,4,15H2,1-3H3,(H,25,29). The quantitative estimate of drug-likeness (QED) is 0.497. The minimum absolute atomic E-state index is 0.197. The number of hydrogen-bond acceptors (Lipinski definition) is 5. The Morgan fingerprint density at radius 3 is 2.68 bits per heavy atom. The Kier molecular flexibility index (Phi) is 5.84. The number of amides is 1. The van der Waals surface area contributed by atoms with Gasteiger partial charge in [-0.05, 0) is 54.8 Å². The lowest BCUT2D eigenvalue weighted by atomic mass is 10.1. The number of hydrogen-bond donors (Lipinski definition) is 1. The van der Waals surface area contributed by atoms with Gasteiger partial charge < -0.3 is 14.8 Å². The number of carbonyl (C=O) groups excluding carboxylic acids is 1. The summed E-state index contributed by atoms with van der Waals surface area (Å²) >= 11 is 0. The molecule has 0 bridgehead atoms. The highest BCUT2D eigenvalue weighted by atomic mass is 16.6.